The lowest BCUT2D eigenvalue weighted by Crippen LogP contribution is -1.72. The first-order valence-electron chi connectivity index (χ1n) is 3.97. The number of aryl methyl sites for hydroxylation is 1. The second-order valence-corrected chi connectivity index (χ2v) is 4.14. The summed E-state index contributed by atoms with van der Waals surface area (Å²) in [5.41, 5.74) is 0. The smallest absolute Gasteiger partial charge is 0.0412 e. The van der Waals surface area contributed by atoms with Crippen molar-refractivity contribution in [3.8, 4) is 0 Å². The number of hydrogen-bond acceptors (Lipinski definition) is 1. The lowest BCUT2D eigenvalue weighted by molar-refractivity contribution is 1.20. The molecule has 62 valence electrons. The quantitative estimate of drug-likeness (QED) is 0.644. The summed E-state index contributed by atoms with van der Waals surface area (Å²) in [6, 6.07) is 6.07. The van der Waals surface area contributed by atoms with E-state index in [4.69, 9.17) is 11.6 Å². The maximum Gasteiger partial charge on any atom is 0.0412 e. The molecule has 0 aliphatic carbocycles. The van der Waals surface area contributed by atoms with Gasteiger partial charge in [-0.25, -0.2) is 0 Å². The fourth-order valence-electron chi connectivity index (χ4n) is 1.34. The molecule has 2 aromatic rings. The Bertz CT molecular complexity index is 403. The molecule has 0 aliphatic rings. The predicted molar refractivity (Wildman–Crippen MR) is 56.2 cm³/mol. The average molecular weight is 197 g/mol. The van der Waals surface area contributed by atoms with E-state index in [0.717, 1.165) is 11.4 Å². The fraction of sp³-hybridized carbons (Fsp3) is 0.200. The molecule has 0 saturated carbocycles. The Morgan fingerprint density at radius 2 is 2.25 bits per heavy atom. The molecule has 12 heavy (non-hydrogen) atoms. The van der Waals surface area contributed by atoms with Crippen LogP contribution in [0.4, 0.5) is 0 Å². The second-order valence-electron chi connectivity index (χ2n) is 2.74. The predicted octanol–water partition coefficient (Wildman–Crippen LogP) is 4.12. The summed E-state index contributed by atoms with van der Waals surface area (Å²) in [6.45, 7) is 2.17. The zero-order valence-electron chi connectivity index (χ0n) is 6.80. The van der Waals surface area contributed by atoms with E-state index in [0.29, 0.717) is 0 Å². The van der Waals surface area contributed by atoms with E-state index in [1.165, 1.54) is 15.6 Å². The maximum absolute atomic E-state index is 5.91. The molecule has 0 aliphatic heterocycles. The molecule has 0 fully saturated rings. The van der Waals surface area contributed by atoms with Gasteiger partial charge in [0, 0.05) is 9.90 Å². The maximum atomic E-state index is 5.91. The van der Waals surface area contributed by atoms with Crippen LogP contribution in [0.1, 0.15) is 11.8 Å². The van der Waals surface area contributed by atoms with Gasteiger partial charge in [-0.15, -0.1) is 11.3 Å². The molecular weight excluding hydrogens is 188 g/mol. The monoisotopic (exact) mass is 196 g/mol. The van der Waals surface area contributed by atoms with Crippen LogP contribution < -0.4 is 0 Å². The van der Waals surface area contributed by atoms with Gasteiger partial charge < -0.3 is 0 Å². The molecule has 0 atom stereocenters. The first-order valence-corrected chi connectivity index (χ1v) is 5.22. The third kappa shape index (κ3) is 1.23. The number of rotatable bonds is 1. The van der Waals surface area contributed by atoms with Crippen molar-refractivity contribution in [1.29, 1.82) is 0 Å². The third-order valence-electron chi connectivity index (χ3n) is 1.97. The topological polar surface area (TPSA) is 0 Å². The zero-order valence-corrected chi connectivity index (χ0v) is 8.38. The van der Waals surface area contributed by atoms with E-state index in [2.05, 4.69) is 18.4 Å². The van der Waals surface area contributed by atoms with Gasteiger partial charge in [-0.1, -0.05) is 24.6 Å². The molecule has 1 aromatic heterocycles. The van der Waals surface area contributed by atoms with Gasteiger partial charge in [0.2, 0.25) is 0 Å². The number of halogens is 1. The van der Waals surface area contributed by atoms with Gasteiger partial charge in [0.15, 0.2) is 0 Å². The van der Waals surface area contributed by atoms with Crippen LogP contribution in [0.15, 0.2) is 23.6 Å². The van der Waals surface area contributed by atoms with E-state index in [-0.39, 0.29) is 0 Å². The Morgan fingerprint density at radius 1 is 1.42 bits per heavy atom. The normalized spacial score (nSPS) is 10.8. The van der Waals surface area contributed by atoms with Gasteiger partial charge in [-0.05, 0) is 34.7 Å². The largest absolute Gasteiger partial charge is 0.148 e. The van der Waals surface area contributed by atoms with Gasteiger partial charge in [-0.3, -0.25) is 0 Å². The number of fused-ring (bicyclic) bond motifs is 1. The molecule has 1 heterocycles. The molecule has 0 spiro atoms. The minimum atomic E-state index is 0.829. The molecule has 1 aromatic carbocycles. The highest BCUT2D eigenvalue weighted by molar-refractivity contribution is 7.11. The molecule has 2 rings (SSSR count). The van der Waals surface area contributed by atoms with E-state index < -0.39 is 0 Å². The second kappa shape index (κ2) is 3.08. The van der Waals surface area contributed by atoms with Crippen LogP contribution in [0.25, 0.3) is 10.8 Å². The lowest BCUT2D eigenvalue weighted by Gasteiger charge is -1.93. The van der Waals surface area contributed by atoms with Gasteiger partial charge in [0.1, 0.15) is 0 Å². The van der Waals surface area contributed by atoms with Crippen molar-refractivity contribution >= 4 is 33.7 Å². The molecule has 2 heteroatoms. The number of hydrogen-bond donors (Lipinski definition) is 0. The molecule has 0 amide bonds. The Kier molecular flexibility index (Phi) is 2.07. The van der Waals surface area contributed by atoms with Crippen LogP contribution in [0.2, 0.25) is 5.02 Å². The van der Waals surface area contributed by atoms with Crippen molar-refractivity contribution < 1.29 is 0 Å². The van der Waals surface area contributed by atoms with Crippen molar-refractivity contribution in [3.05, 3.63) is 33.5 Å². The van der Waals surface area contributed by atoms with Crippen molar-refractivity contribution in [1.82, 2.24) is 0 Å². The standard InChI is InChI=1S/C10H9ClS/c1-2-10-9-5-8(11)4-3-7(9)6-12-10/h3-6H,2H2,1H3. The third-order valence-corrected chi connectivity index (χ3v) is 3.37. The summed E-state index contributed by atoms with van der Waals surface area (Å²) in [6.07, 6.45) is 1.09. The van der Waals surface area contributed by atoms with Crippen molar-refractivity contribution in [2.75, 3.05) is 0 Å². The Morgan fingerprint density at radius 3 is 3.00 bits per heavy atom. The molecule has 0 nitrogen and oxygen atoms in total. The summed E-state index contributed by atoms with van der Waals surface area (Å²) in [7, 11) is 0. The van der Waals surface area contributed by atoms with Gasteiger partial charge in [-0.2, -0.15) is 0 Å². The van der Waals surface area contributed by atoms with Gasteiger partial charge in [0.05, 0.1) is 0 Å². The number of benzene rings is 1. The Hall–Kier alpha value is -0.530. The minimum absolute atomic E-state index is 0.829. The summed E-state index contributed by atoms with van der Waals surface area (Å²) in [5, 5.41) is 5.64. The SMILES string of the molecule is CCc1scc2ccc(Cl)cc12. The average Bonchev–Trinajstić information content (AvgIpc) is 2.46. The summed E-state index contributed by atoms with van der Waals surface area (Å²) < 4.78 is 0. The molecule has 0 N–H and O–H groups in total. The van der Waals surface area contributed by atoms with Crippen LogP contribution in [0.3, 0.4) is 0 Å². The fourth-order valence-corrected chi connectivity index (χ4v) is 2.46. The summed E-state index contributed by atoms with van der Waals surface area (Å²) in [5.74, 6) is 0. The lowest BCUT2D eigenvalue weighted by atomic mass is 10.2. The minimum Gasteiger partial charge on any atom is -0.148 e. The highest BCUT2D eigenvalue weighted by Gasteiger charge is 2.01. The van der Waals surface area contributed by atoms with Crippen molar-refractivity contribution in [2.24, 2.45) is 0 Å². The van der Waals surface area contributed by atoms with E-state index in [1.807, 2.05) is 23.5 Å². The van der Waals surface area contributed by atoms with Crippen LogP contribution in [0, 0.1) is 0 Å². The molecule has 0 saturated heterocycles. The highest BCUT2D eigenvalue weighted by atomic mass is 35.5. The first-order chi connectivity index (χ1) is 5.81. The van der Waals surface area contributed by atoms with Crippen LogP contribution >= 0.6 is 22.9 Å². The first kappa shape index (κ1) is 8.09. The highest BCUT2D eigenvalue weighted by Crippen LogP contribution is 2.28. The summed E-state index contributed by atoms with van der Waals surface area (Å²) in [4.78, 5) is 1.42. The molecular formula is C10H9ClS. The number of thiophene rings is 1. The van der Waals surface area contributed by atoms with Crippen molar-refractivity contribution in [3.63, 3.8) is 0 Å². The van der Waals surface area contributed by atoms with Crippen LogP contribution in [-0.4, -0.2) is 0 Å². The summed E-state index contributed by atoms with van der Waals surface area (Å²) >= 11 is 7.72. The Balaban J connectivity index is 2.75. The van der Waals surface area contributed by atoms with Gasteiger partial charge in [0.25, 0.3) is 0 Å². The molecule has 0 unspecified atom stereocenters. The molecule has 0 bridgehead atoms. The van der Waals surface area contributed by atoms with Crippen LogP contribution in [-0.2, 0) is 6.42 Å². The van der Waals surface area contributed by atoms with E-state index in [1.54, 1.807) is 0 Å². The van der Waals surface area contributed by atoms with Gasteiger partial charge >= 0.3 is 0 Å². The Labute approximate surface area is 80.8 Å². The zero-order chi connectivity index (χ0) is 8.55. The van der Waals surface area contributed by atoms with E-state index in [9.17, 15) is 0 Å². The van der Waals surface area contributed by atoms with Crippen LogP contribution in [0.5, 0.6) is 0 Å². The molecule has 0 radical (unpaired) electrons. The van der Waals surface area contributed by atoms with E-state index >= 15 is 0 Å². The van der Waals surface area contributed by atoms with Crippen molar-refractivity contribution in [2.45, 2.75) is 13.3 Å².